The Bertz CT molecular complexity index is 1120. The Morgan fingerprint density at radius 1 is 1.09 bits per heavy atom. The first-order valence-corrected chi connectivity index (χ1v) is 12.2. The molecule has 7 heteroatoms. The van der Waals surface area contributed by atoms with Crippen LogP contribution in [0, 0.1) is 13.8 Å². The normalized spacial score (nSPS) is 13.2. The topological polar surface area (TPSA) is 97.9 Å². The number of aromatic hydroxyl groups is 1. The molecule has 3 aromatic rings. The Morgan fingerprint density at radius 2 is 1.71 bits per heavy atom. The summed E-state index contributed by atoms with van der Waals surface area (Å²) >= 11 is 0. The maximum atomic E-state index is 13.9. The smallest absolute Gasteiger partial charge is 0.240 e. The molecule has 0 spiro atoms. The lowest BCUT2D eigenvalue weighted by Crippen LogP contribution is -2.53. The highest BCUT2D eigenvalue weighted by molar-refractivity contribution is 5.84. The molecule has 0 saturated carbocycles. The lowest BCUT2D eigenvalue weighted by Gasteiger charge is -2.36. The molecular weight excluding hydrogens is 442 g/mol. The van der Waals surface area contributed by atoms with Crippen molar-refractivity contribution in [1.29, 1.82) is 0 Å². The third-order valence-electron chi connectivity index (χ3n) is 6.31. The number of phenolic OH excluding ortho intramolecular Hbond substituents is 1. The van der Waals surface area contributed by atoms with E-state index in [1.165, 1.54) is 0 Å². The van der Waals surface area contributed by atoms with Crippen molar-refractivity contribution in [2.75, 3.05) is 13.2 Å². The van der Waals surface area contributed by atoms with Crippen LogP contribution in [0.1, 0.15) is 43.0 Å². The molecule has 188 valence electrons. The number of aryl methyl sites for hydroxylation is 2. The number of rotatable bonds is 11. The van der Waals surface area contributed by atoms with Gasteiger partial charge in [-0.15, -0.1) is 0 Å². The monoisotopic (exact) mass is 479 g/mol. The number of phenols is 1. The van der Waals surface area contributed by atoms with Crippen molar-refractivity contribution in [2.45, 2.75) is 66.0 Å². The van der Waals surface area contributed by atoms with Crippen LogP contribution < -0.4 is 5.73 Å². The Labute approximate surface area is 207 Å². The summed E-state index contributed by atoms with van der Waals surface area (Å²) in [7, 11) is 0. The molecule has 0 aliphatic rings. The standard InChI is InChI=1S/C28H37N3O4/c1-6-34-28(35-7-2)20(5)31(17-22-11-8-10-21-12-9-13-30-26(21)22)27(33)25(29)16-24-18(3)14-23(32)15-19(24)4/h8-15,20,25,28,32H,6-7,16-17,29H2,1-5H3/t20-,25-/m0/s1. The summed E-state index contributed by atoms with van der Waals surface area (Å²) in [5, 5.41) is 10.9. The van der Waals surface area contributed by atoms with Gasteiger partial charge in [0.05, 0.1) is 17.6 Å². The number of hydrogen-bond acceptors (Lipinski definition) is 6. The molecule has 2 aromatic carbocycles. The molecule has 0 fully saturated rings. The zero-order valence-corrected chi connectivity index (χ0v) is 21.3. The van der Waals surface area contributed by atoms with Crippen molar-refractivity contribution in [3.63, 3.8) is 0 Å². The van der Waals surface area contributed by atoms with Crippen molar-refractivity contribution in [3.05, 3.63) is 70.9 Å². The van der Waals surface area contributed by atoms with Crippen LogP contribution in [0.3, 0.4) is 0 Å². The number of carbonyl (C=O) groups is 1. The molecule has 1 heterocycles. The van der Waals surface area contributed by atoms with Gasteiger partial charge in [-0.3, -0.25) is 9.78 Å². The number of nitrogens with zero attached hydrogens (tertiary/aromatic N) is 2. The molecule has 0 bridgehead atoms. The van der Waals surface area contributed by atoms with Crippen molar-refractivity contribution >= 4 is 16.8 Å². The van der Waals surface area contributed by atoms with Gasteiger partial charge in [0.2, 0.25) is 5.91 Å². The Balaban J connectivity index is 1.95. The minimum Gasteiger partial charge on any atom is -0.508 e. The molecule has 1 amide bonds. The first kappa shape index (κ1) is 26.6. The summed E-state index contributed by atoms with van der Waals surface area (Å²) in [6, 6.07) is 12.1. The van der Waals surface area contributed by atoms with Gasteiger partial charge in [0.25, 0.3) is 0 Å². The molecular formula is C28H37N3O4. The van der Waals surface area contributed by atoms with Crippen molar-refractivity contribution < 1.29 is 19.4 Å². The molecule has 1 aromatic heterocycles. The number of ether oxygens (including phenoxy) is 2. The van der Waals surface area contributed by atoms with Crippen LogP contribution in [0.15, 0.2) is 48.7 Å². The predicted octanol–water partition coefficient (Wildman–Crippen LogP) is 4.24. The molecule has 0 radical (unpaired) electrons. The molecule has 2 atom stereocenters. The van der Waals surface area contributed by atoms with Gasteiger partial charge in [0.15, 0.2) is 6.29 Å². The maximum absolute atomic E-state index is 13.9. The molecule has 0 aliphatic carbocycles. The molecule has 3 N–H and O–H groups in total. The molecule has 3 rings (SSSR count). The average Bonchev–Trinajstić information content (AvgIpc) is 2.83. The van der Waals surface area contributed by atoms with Gasteiger partial charge in [-0.05, 0) is 81.5 Å². The lowest BCUT2D eigenvalue weighted by atomic mass is 9.95. The predicted molar refractivity (Wildman–Crippen MR) is 138 cm³/mol. The Kier molecular flexibility index (Phi) is 9.20. The molecule has 0 unspecified atom stereocenters. The van der Waals surface area contributed by atoms with E-state index in [1.54, 1.807) is 23.2 Å². The zero-order valence-electron chi connectivity index (χ0n) is 21.3. The number of pyridine rings is 1. The average molecular weight is 480 g/mol. The summed E-state index contributed by atoms with van der Waals surface area (Å²) in [4.78, 5) is 20.2. The number of fused-ring (bicyclic) bond motifs is 1. The van der Waals surface area contributed by atoms with Crippen LogP contribution in [-0.2, 0) is 27.2 Å². The quantitative estimate of drug-likeness (QED) is 0.399. The minimum atomic E-state index is -0.772. The number of benzene rings is 2. The van der Waals surface area contributed by atoms with E-state index >= 15 is 0 Å². The molecule has 0 aliphatic heterocycles. The number of nitrogens with two attached hydrogens (primary N) is 1. The van der Waals surface area contributed by atoms with Crippen LogP contribution in [-0.4, -0.2) is 52.5 Å². The second-order valence-corrected chi connectivity index (χ2v) is 8.85. The van der Waals surface area contributed by atoms with E-state index in [4.69, 9.17) is 15.2 Å². The fourth-order valence-corrected chi connectivity index (χ4v) is 4.52. The van der Waals surface area contributed by atoms with E-state index in [1.807, 2.05) is 65.0 Å². The van der Waals surface area contributed by atoms with Gasteiger partial charge in [-0.25, -0.2) is 0 Å². The van der Waals surface area contributed by atoms with Crippen molar-refractivity contribution in [3.8, 4) is 5.75 Å². The summed E-state index contributed by atoms with van der Waals surface area (Å²) in [6.45, 7) is 10.8. The van der Waals surface area contributed by atoms with E-state index in [0.29, 0.717) is 26.2 Å². The van der Waals surface area contributed by atoms with Crippen LogP contribution >= 0.6 is 0 Å². The Morgan fingerprint density at radius 3 is 2.34 bits per heavy atom. The van der Waals surface area contributed by atoms with E-state index < -0.39 is 12.3 Å². The fraction of sp³-hybridized carbons (Fsp3) is 0.429. The second-order valence-electron chi connectivity index (χ2n) is 8.85. The Hall–Kier alpha value is -3.00. The summed E-state index contributed by atoms with van der Waals surface area (Å²) in [6.07, 6.45) is 1.54. The van der Waals surface area contributed by atoms with Crippen LogP contribution in [0.4, 0.5) is 0 Å². The number of amides is 1. The van der Waals surface area contributed by atoms with Crippen molar-refractivity contribution in [2.24, 2.45) is 5.73 Å². The first-order valence-electron chi connectivity index (χ1n) is 12.2. The first-order chi connectivity index (χ1) is 16.8. The van der Waals surface area contributed by atoms with Gasteiger partial charge < -0.3 is 25.2 Å². The van der Waals surface area contributed by atoms with Crippen molar-refractivity contribution in [1.82, 2.24) is 9.88 Å². The summed E-state index contributed by atoms with van der Waals surface area (Å²) < 4.78 is 11.7. The van der Waals surface area contributed by atoms with Gasteiger partial charge in [0, 0.05) is 31.3 Å². The van der Waals surface area contributed by atoms with E-state index in [2.05, 4.69) is 4.98 Å². The number of aromatic nitrogens is 1. The number of hydrogen-bond donors (Lipinski definition) is 2. The van der Waals surface area contributed by atoms with Gasteiger partial charge >= 0.3 is 0 Å². The SMILES string of the molecule is CCOC(OCC)[C@H](C)N(Cc1cccc2cccnc12)C(=O)[C@@H](N)Cc1c(C)cc(O)cc1C. The third kappa shape index (κ3) is 6.36. The van der Waals surface area contributed by atoms with Gasteiger partial charge in [-0.2, -0.15) is 0 Å². The van der Waals surface area contributed by atoms with E-state index in [0.717, 1.165) is 33.2 Å². The number of para-hydroxylation sites is 1. The van der Waals surface area contributed by atoms with Crippen LogP contribution in [0.25, 0.3) is 10.9 Å². The van der Waals surface area contributed by atoms with Gasteiger partial charge in [-0.1, -0.05) is 24.3 Å². The zero-order chi connectivity index (χ0) is 25.5. The maximum Gasteiger partial charge on any atom is 0.240 e. The number of carbonyl (C=O) groups excluding carboxylic acids is 1. The molecule has 0 saturated heterocycles. The second kappa shape index (κ2) is 12.1. The third-order valence-corrected chi connectivity index (χ3v) is 6.31. The summed E-state index contributed by atoms with van der Waals surface area (Å²) in [5.41, 5.74) is 11.1. The fourth-order valence-electron chi connectivity index (χ4n) is 4.52. The highest BCUT2D eigenvalue weighted by atomic mass is 16.7. The minimum absolute atomic E-state index is 0.193. The highest BCUT2D eigenvalue weighted by Gasteiger charge is 2.32. The lowest BCUT2D eigenvalue weighted by molar-refractivity contribution is -0.179. The largest absolute Gasteiger partial charge is 0.508 e. The van der Waals surface area contributed by atoms with Crippen LogP contribution in [0.2, 0.25) is 0 Å². The van der Waals surface area contributed by atoms with E-state index in [-0.39, 0.29) is 17.7 Å². The van der Waals surface area contributed by atoms with E-state index in [9.17, 15) is 9.90 Å². The summed E-state index contributed by atoms with van der Waals surface area (Å²) in [5.74, 6) is 0.0142. The molecule has 7 nitrogen and oxygen atoms in total. The van der Waals surface area contributed by atoms with Gasteiger partial charge in [0.1, 0.15) is 5.75 Å². The highest BCUT2D eigenvalue weighted by Crippen LogP contribution is 2.24. The molecule has 35 heavy (non-hydrogen) atoms. The van der Waals surface area contributed by atoms with Crippen LogP contribution in [0.5, 0.6) is 5.75 Å².